The average Bonchev–Trinajstić information content (AvgIpc) is 3.13. The Bertz CT molecular complexity index is 732. The molecule has 0 aliphatic heterocycles. The van der Waals surface area contributed by atoms with Gasteiger partial charge < -0.3 is 14.2 Å². The van der Waals surface area contributed by atoms with Gasteiger partial charge in [0.2, 0.25) is 11.8 Å². The Balaban J connectivity index is 2.16. The topological polar surface area (TPSA) is 53.8 Å². The zero-order valence-electron chi connectivity index (χ0n) is 15.5. The normalized spacial score (nSPS) is 10.9. The highest BCUT2D eigenvalue weighted by Gasteiger charge is 2.24. The van der Waals surface area contributed by atoms with Gasteiger partial charge in [0, 0.05) is 24.9 Å². The maximum atomic E-state index is 13.2. The lowest BCUT2D eigenvalue weighted by Crippen LogP contribution is -2.45. The molecule has 0 spiro atoms. The molecule has 2 aromatic rings. The Hall–Kier alpha value is -2.34. The monoisotopic (exact) mass is 394 g/mol. The van der Waals surface area contributed by atoms with Gasteiger partial charge in [0.25, 0.3) is 0 Å². The van der Waals surface area contributed by atoms with Crippen LogP contribution in [0, 0.1) is 5.82 Å². The molecule has 2 amide bonds. The number of hydrogen-bond acceptors (Lipinski definition) is 3. The molecule has 0 aliphatic carbocycles. The van der Waals surface area contributed by atoms with E-state index >= 15 is 0 Å². The first-order valence-corrected chi connectivity index (χ1v) is 9.34. The Morgan fingerprint density at radius 3 is 2.37 bits per heavy atom. The molecular weight excluding hydrogens is 371 g/mol. The van der Waals surface area contributed by atoms with Crippen molar-refractivity contribution in [1.82, 2.24) is 9.80 Å². The maximum absolute atomic E-state index is 13.2. The quantitative estimate of drug-likeness (QED) is 0.607. The summed E-state index contributed by atoms with van der Waals surface area (Å²) < 4.78 is 18.5. The molecule has 1 aromatic carbocycles. The Kier molecular flexibility index (Phi) is 7.85. The highest BCUT2D eigenvalue weighted by Crippen LogP contribution is 2.13. The third-order valence-corrected chi connectivity index (χ3v) is 4.31. The molecule has 0 bridgehead atoms. The van der Waals surface area contributed by atoms with E-state index in [2.05, 4.69) is 0 Å². The highest BCUT2D eigenvalue weighted by atomic mass is 35.5. The maximum Gasteiger partial charge on any atom is 0.242 e. The van der Waals surface area contributed by atoms with E-state index in [0.29, 0.717) is 5.76 Å². The Morgan fingerprint density at radius 1 is 1.11 bits per heavy atom. The highest BCUT2D eigenvalue weighted by molar-refractivity contribution is 6.18. The molecule has 1 aromatic heterocycles. The van der Waals surface area contributed by atoms with E-state index in [4.69, 9.17) is 16.0 Å². The molecule has 0 unspecified atom stereocenters. The van der Waals surface area contributed by atoms with Crippen molar-refractivity contribution in [2.24, 2.45) is 0 Å². The summed E-state index contributed by atoms with van der Waals surface area (Å²) in [5, 5.41) is 0. The van der Waals surface area contributed by atoms with E-state index in [0.717, 1.165) is 5.56 Å². The number of benzene rings is 1. The number of halogens is 2. The van der Waals surface area contributed by atoms with E-state index < -0.39 is 0 Å². The van der Waals surface area contributed by atoms with Crippen LogP contribution in [0.1, 0.15) is 31.6 Å². The first kappa shape index (κ1) is 21.0. The van der Waals surface area contributed by atoms with Crippen molar-refractivity contribution < 1.29 is 18.4 Å². The smallest absolute Gasteiger partial charge is 0.242 e. The molecule has 1 heterocycles. The van der Waals surface area contributed by atoms with Crippen molar-refractivity contribution in [3.05, 3.63) is 59.8 Å². The van der Waals surface area contributed by atoms with Crippen LogP contribution in [0.5, 0.6) is 0 Å². The number of hydrogen-bond donors (Lipinski definition) is 0. The molecule has 0 fully saturated rings. The first-order chi connectivity index (χ1) is 12.9. The summed E-state index contributed by atoms with van der Waals surface area (Å²) in [6.07, 6.45) is 1.73. The van der Waals surface area contributed by atoms with Crippen LogP contribution in [0.25, 0.3) is 0 Å². The summed E-state index contributed by atoms with van der Waals surface area (Å²) in [7, 11) is 0. The summed E-state index contributed by atoms with van der Waals surface area (Å²) >= 11 is 5.67. The summed E-state index contributed by atoms with van der Waals surface area (Å²) in [6.45, 7) is 4.22. The van der Waals surface area contributed by atoms with Crippen molar-refractivity contribution in [3.8, 4) is 0 Å². The van der Waals surface area contributed by atoms with E-state index in [-0.39, 0.29) is 55.6 Å². The van der Waals surface area contributed by atoms with Crippen molar-refractivity contribution >= 4 is 23.4 Å². The molecule has 0 saturated carbocycles. The van der Waals surface area contributed by atoms with E-state index in [1.54, 1.807) is 35.4 Å². The van der Waals surface area contributed by atoms with Crippen LogP contribution in [-0.2, 0) is 22.7 Å². The van der Waals surface area contributed by atoms with E-state index in [1.165, 1.54) is 17.0 Å². The van der Waals surface area contributed by atoms with Crippen LogP contribution < -0.4 is 0 Å². The van der Waals surface area contributed by atoms with Crippen molar-refractivity contribution in [2.45, 2.75) is 39.4 Å². The fourth-order valence-corrected chi connectivity index (χ4v) is 2.82. The molecular formula is C20H24ClFN2O3. The molecule has 0 aliphatic rings. The second-order valence-electron chi connectivity index (χ2n) is 6.51. The van der Waals surface area contributed by atoms with E-state index in [1.807, 2.05) is 13.8 Å². The summed E-state index contributed by atoms with van der Waals surface area (Å²) in [5.74, 6) is 0.136. The molecule has 0 radical (unpaired) electrons. The van der Waals surface area contributed by atoms with Gasteiger partial charge in [0.05, 0.1) is 12.8 Å². The second kappa shape index (κ2) is 10.1. The number of amides is 2. The lowest BCUT2D eigenvalue weighted by Gasteiger charge is -2.30. The number of carbonyl (C=O) groups is 2. The van der Waals surface area contributed by atoms with Crippen molar-refractivity contribution in [2.75, 3.05) is 12.4 Å². The second-order valence-corrected chi connectivity index (χ2v) is 6.89. The van der Waals surface area contributed by atoms with Crippen LogP contribution in [0.2, 0.25) is 0 Å². The number of carbonyl (C=O) groups excluding carboxylic acids is 2. The van der Waals surface area contributed by atoms with Gasteiger partial charge in [-0.15, -0.1) is 11.6 Å². The van der Waals surface area contributed by atoms with Crippen molar-refractivity contribution in [1.29, 1.82) is 0 Å². The van der Waals surface area contributed by atoms with Gasteiger partial charge in [-0.05, 0) is 43.7 Å². The van der Waals surface area contributed by atoms with Gasteiger partial charge in [0.15, 0.2) is 0 Å². The minimum Gasteiger partial charge on any atom is -0.467 e. The largest absolute Gasteiger partial charge is 0.467 e. The summed E-state index contributed by atoms with van der Waals surface area (Å²) in [4.78, 5) is 28.3. The number of nitrogens with zero attached hydrogens (tertiary/aromatic N) is 2. The third-order valence-electron chi connectivity index (χ3n) is 4.12. The molecule has 2 rings (SSSR count). The number of rotatable bonds is 9. The minimum atomic E-state index is -0.333. The predicted octanol–water partition coefficient (Wildman–Crippen LogP) is 3.81. The fraction of sp³-hybridized carbons (Fsp3) is 0.400. The van der Waals surface area contributed by atoms with E-state index in [9.17, 15) is 14.0 Å². The van der Waals surface area contributed by atoms with Gasteiger partial charge >= 0.3 is 0 Å². The van der Waals surface area contributed by atoms with Crippen LogP contribution in [0.4, 0.5) is 4.39 Å². The van der Waals surface area contributed by atoms with Gasteiger partial charge in [-0.2, -0.15) is 0 Å². The van der Waals surface area contributed by atoms with Gasteiger partial charge in [-0.3, -0.25) is 9.59 Å². The van der Waals surface area contributed by atoms with Crippen LogP contribution in [0.3, 0.4) is 0 Å². The standard InChI is InChI=1S/C20H24ClFN2O3/c1-15(2)24(19(25)9-10-21)14-20(26)23(13-18-4-3-11-27-18)12-16-5-7-17(22)8-6-16/h3-8,11,15H,9-10,12-14H2,1-2H3. The predicted molar refractivity (Wildman–Crippen MR) is 102 cm³/mol. The van der Waals surface area contributed by atoms with Gasteiger partial charge in [0.1, 0.15) is 18.1 Å². The number of furan rings is 1. The van der Waals surface area contributed by atoms with Crippen molar-refractivity contribution in [3.63, 3.8) is 0 Å². The average molecular weight is 395 g/mol. The third kappa shape index (κ3) is 6.40. The van der Waals surface area contributed by atoms with Crippen LogP contribution >= 0.6 is 11.6 Å². The minimum absolute atomic E-state index is 0.0463. The molecule has 0 saturated heterocycles. The number of alkyl halides is 1. The summed E-state index contributed by atoms with van der Waals surface area (Å²) in [6, 6.07) is 9.39. The summed E-state index contributed by atoms with van der Waals surface area (Å²) in [5.41, 5.74) is 0.791. The molecule has 7 heteroatoms. The fourth-order valence-electron chi connectivity index (χ4n) is 2.66. The zero-order valence-corrected chi connectivity index (χ0v) is 16.3. The zero-order chi connectivity index (χ0) is 19.8. The van der Waals surface area contributed by atoms with Gasteiger partial charge in [-0.1, -0.05) is 12.1 Å². The van der Waals surface area contributed by atoms with Gasteiger partial charge in [-0.25, -0.2) is 4.39 Å². The molecule has 146 valence electrons. The van der Waals surface area contributed by atoms with Crippen LogP contribution in [0.15, 0.2) is 47.1 Å². The molecule has 27 heavy (non-hydrogen) atoms. The molecule has 5 nitrogen and oxygen atoms in total. The lowest BCUT2D eigenvalue weighted by molar-refractivity contribution is -0.142. The first-order valence-electron chi connectivity index (χ1n) is 8.80. The molecule has 0 N–H and O–H groups in total. The lowest BCUT2D eigenvalue weighted by atomic mass is 10.2. The van der Waals surface area contributed by atoms with Crippen LogP contribution in [-0.4, -0.2) is 40.1 Å². The Morgan fingerprint density at radius 2 is 1.81 bits per heavy atom. The Labute approximate surface area is 163 Å². The molecule has 0 atom stereocenters. The SMILES string of the molecule is CC(C)N(CC(=O)N(Cc1ccc(F)cc1)Cc1ccco1)C(=O)CCCl.